The Hall–Kier alpha value is -1.55. The van der Waals surface area contributed by atoms with E-state index in [0.717, 1.165) is 18.8 Å². The highest BCUT2D eigenvalue weighted by Gasteiger charge is 2.68. The van der Waals surface area contributed by atoms with Gasteiger partial charge in [0.2, 0.25) is 5.91 Å². The zero-order chi connectivity index (χ0) is 19.4. The van der Waals surface area contributed by atoms with E-state index in [1.807, 2.05) is 6.07 Å². The Balaban J connectivity index is 1.66. The van der Waals surface area contributed by atoms with E-state index in [4.69, 9.17) is 9.47 Å². The number of carbonyl (C=O) groups is 1. The molecule has 1 heterocycles. The van der Waals surface area contributed by atoms with Crippen molar-refractivity contribution in [3.8, 4) is 5.75 Å². The standard InChI is InChI=1S/C23H33NO3/c1-14(2)27-18-8-6-7-16(11-18)20-19-12-17-13-23(19,9-10-26-20)21(22(17,4)5)24-15(3)25/h6-8,11,14,17,19-21H,9-10,12-13H2,1-5H3,(H,24,25)/t17-,19-,20-,21+,23?/m1/s1. The summed E-state index contributed by atoms with van der Waals surface area (Å²) in [5.74, 6) is 2.09. The molecule has 1 amide bonds. The highest BCUT2D eigenvalue weighted by atomic mass is 16.5. The van der Waals surface area contributed by atoms with Crippen molar-refractivity contribution in [1.29, 1.82) is 0 Å². The zero-order valence-corrected chi connectivity index (χ0v) is 17.2. The number of rotatable bonds is 4. The Kier molecular flexibility index (Phi) is 4.53. The van der Waals surface area contributed by atoms with E-state index in [0.29, 0.717) is 11.8 Å². The van der Waals surface area contributed by atoms with Crippen LogP contribution in [0.15, 0.2) is 24.3 Å². The second kappa shape index (κ2) is 6.51. The molecule has 1 aromatic rings. The van der Waals surface area contributed by atoms with Crippen molar-refractivity contribution in [3.63, 3.8) is 0 Å². The Bertz CT molecular complexity index is 728. The summed E-state index contributed by atoms with van der Waals surface area (Å²) in [5, 5.41) is 3.34. The Morgan fingerprint density at radius 1 is 1.33 bits per heavy atom. The van der Waals surface area contributed by atoms with Gasteiger partial charge in [-0.1, -0.05) is 26.0 Å². The van der Waals surface area contributed by atoms with Gasteiger partial charge in [0.1, 0.15) is 5.75 Å². The van der Waals surface area contributed by atoms with Gasteiger partial charge in [-0.25, -0.2) is 0 Å². The first kappa shape index (κ1) is 18.8. The minimum Gasteiger partial charge on any atom is -0.491 e. The molecule has 148 valence electrons. The normalized spacial score (nSPS) is 36.5. The van der Waals surface area contributed by atoms with Crippen molar-refractivity contribution in [1.82, 2.24) is 5.32 Å². The van der Waals surface area contributed by atoms with Crippen LogP contribution in [0.5, 0.6) is 5.75 Å². The predicted octanol–water partition coefficient (Wildman–Crippen LogP) is 4.49. The Morgan fingerprint density at radius 2 is 2.11 bits per heavy atom. The van der Waals surface area contributed by atoms with Crippen LogP contribution in [-0.2, 0) is 9.53 Å². The number of hydrogen-bond acceptors (Lipinski definition) is 3. The molecule has 0 aromatic heterocycles. The summed E-state index contributed by atoms with van der Waals surface area (Å²) in [6, 6.07) is 8.63. The van der Waals surface area contributed by atoms with Crippen LogP contribution in [0.1, 0.15) is 65.5 Å². The van der Waals surface area contributed by atoms with E-state index >= 15 is 0 Å². The van der Waals surface area contributed by atoms with Gasteiger partial charge in [0, 0.05) is 19.6 Å². The molecule has 4 rings (SSSR count). The molecule has 2 aliphatic carbocycles. The van der Waals surface area contributed by atoms with Gasteiger partial charge >= 0.3 is 0 Å². The fraction of sp³-hybridized carbons (Fsp3) is 0.696. The van der Waals surface area contributed by atoms with Gasteiger partial charge in [0.15, 0.2) is 0 Å². The molecule has 4 nitrogen and oxygen atoms in total. The lowest BCUT2D eigenvalue weighted by Crippen LogP contribution is -2.58. The van der Waals surface area contributed by atoms with Gasteiger partial charge in [0.05, 0.1) is 12.2 Å². The molecule has 27 heavy (non-hydrogen) atoms. The van der Waals surface area contributed by atoms with Crippen LogP contribution in [0, 0.1) is 22.7 Å². The van der Waals surface area contributed by atoms with E-state index in [9.17, 15) is 4.79 Å². The van der Waals surface area contributed by atoms with E-state index < -0.39 is 0 Å². The second-order valence-corrected chi connectivity index (χ2v) is 9.71. The molecule has 1 saturated heterocycles. The average Bonchev–Trinajstić information content (AvgIpc) is 3.07. The largest absolute Gasteiger partial charge is 0.491 e. The maximum Gasteiger partial charge on any atom is 0.217 e. The maximum absolute atomic E-state index is 12.0. The third kappa shape index (κ3) is 2.97. The molecule has 1 N–H and O–H groups in total. The number of carbonyl (C=O) groups excluding carboxylic acids is 1. The molecule has 5 atom stereocenters. The number of nitrogens with one attached hydrogen (secondary N) is 1. The monoisotopic (exact) mass is 371 g/mol. The molecule has 1 unspecified atom stereocenters. The number of benzene rings is 1. The summed E-state index contributed by atoms with van der Waals surface area (Å²) in [7, 11) is 0. The second-order valence-electron chi connectivity index (χ2n) is 9.71. The van der Waals surface area contributed by atoms with E-state index in [1.165, 1.54) is 18.4 Å². The first-order valence-electron chi connectivity index (χ1n) is 10.4. The third-order valence-corrected chi connectivity index (χ3v) is 7.41. The highest BCUT2D eigenvalue weighted by Crippen LogP contribution is 2.70. The molecule has 1 aromatic carbocycles. The van der Waals surface area contributed by atoms with E-state index in [-0.39, 0.29) is 35.0 Å². The quantitative estimate of drug-likeness (QED) is 0.848. The topological polar surface area (TPSA) is 47.6 Å². The molecule has 0 radical (unpaired) electrons. The van der Waals surface area contributed by atoms with E-state index in [2.05, 4.69) is 51.2 Å². The SMILES string of the molecule is CC(=O)N[C@H]1C(C)(C)[C@@H]2C[C@@H]3[C@@H](c4cccc(OC(C)C)c4)OCCC31C2. The lowest BCUT2D eigenvalue weighted by atomic mass is 9.59. The van der Waals surface area contributed by atoms with Crippen LogP contribution >= 0.6 is 0 Å². The first-order valence-corrected chi connectivity index (χ1v) is 10.4. The maximum atomic E-state index is 12.0. The summed E-state index contributed by atoms with van der Waals surface area (Å²) in [5.41, 5.74) is 1.51. The van der Waals surface area contributed by atoms with E-state index in [1.54, 1.807) is 6.92 Å². The minimum absolute atomic E-state index is 0.0872. The lowest BCUT2D eigenvalue weighted by Gasteiger charge is -2.53. The first-order chi connectivity index (χ1) is 12.7. The van der Waals surface area contributed by atoms with Crippen molar-refractivity contribution in [2.75, 3.05) is 6.61 Å². The molecule has 3 aliphatic rings. The van der Waals surface area contributed by atoms with Crippen LogP contribution in [0.3, 0.4) is 0 Å². The number of hydrogen-bond donors (Lipinski definition) is 1. The van der Waals surface area contributed by atoms with Crippen molar-refractivity contribution in [2.24, 2.45) is 22.7 Å². The van der Waals surface area contributed by atoms with Gasteiger partial charge in [0.25, 0.3) is 0 Å². The summed E-state index contributed by atoms with van der Waals surface area (Å²) >= 11 is 0. The number of ether oxygens (including phenoxy) is 2. The highest BCUT2D eigenvalue weighted by molar-refractivity contribution is 5.73. The van der Waals surface area contributed by atoms with Crippen molar-refractivity contribution < 1.29 is 14.3 Å². The molecular formula is C23H33NO3. The van der Waals surface area contributed by atoms with Crippen LogP contribution in [-0.4, -0.2) is 24.7 Å². The smallest absolute Gasteiger partial charge is 0.217 e. The Morgan fingerprint density at radius 3 is 2.81 bits per heavy atom. The van der Waals surface area contributed by atoms with Crippen molar-refractivity contribution >= 4 is 5.91 Å². The molecule has 2 bridgehead atoms. The summed E-state index contributed by atoms with van der Waals surface area (Å²) in [6.45, 7) is 11.2. The Labute approximate surface area is 163 Å². The van der Waals surface area contributed by atoms with Crippen LogP contribution in [0.25, 0.3) is 0 Å². The van der Waals surface area contributed by atoms with Crippen LogP contribution in [0.4, 0.5) is 0 Å². The lowest BCUT2D eigenvalue weighted by molar-refractivity contribution is -0.136. The molecule has 3 fully saturated rings. The number of fused-ring (bicyclic) bond motifs is 1. The molecule has 1 aliphatic heterocycles. The van der Waals surface area contributed by atoms with Crippen molar-refractivity contribution in [3.05, 3.63) is 29.8 Å². The summed E-state index contributed by atoms with van der Waals surface area (Å²) in [6.07, 6.45) is 3.68. The van der Waals surface area contributed by atoms with Crippen molar-refractivity contribution in [2.45, 2.75) is 72.1 Å². The third-order valence-electron chi connectivity index (χ3n) is 7.41. The van der Waals surface area contributed by atoms with Gasteiger partial charge in [-0.05, 0) is 73.5 Å². The molecular weight excluding hydrogens is 338 g/mol. The average molecular weight is 372 g/mol. The summed E-state index contributed by atoms with van der Waals surface area (Å²) < 4.78 is 12.3. The van der Waals surface area contributed by atoms with Gasteiger partial charge in [-0.2, -0.15) is 0 Å². The zero-order valence-electron chi connectivity index (χ0n) is 17.2. The molecule has 1 spiro atoms. The van der Waals surface area contributed by atoms with Crippen LogP contribution in [0.2, 0.25) is 0 Å². The minimum atomic E-state index is 0.0872. The predicted molar refractivity (Wildman–Crippen MR) is 106 cm³/mol. The summed E-state index contributed by atoms with van der Waals surface area (Å²) in [4.78, 5) is 12.0. The van der Waals surface area contributed by atoms with Gasteiger partial charge in [-0.3, -0.25) is 4.79 Å². The van der Waals surface area contributed by atoms with Gasteiger partial charge in [-0.15, -0.1) is 0 Å². The van der Waals surface area contributed by atoms with Crippen LogP contribution < -0.4 is 10.1 Å². The molecule has 2 saturated carbocycles. The molecule has 4 heteroatoms. The fourth-order valence-electron chi connectivity index (χ4n) is 6.36. The van der Waals surface area contributed by atoms with Gasteiger partial charge < -0.3 is 14.8 Å². The number of amides is 1. The fourth-order valence-corrected chi connectivity index (χ4v) is 6.36.